The molecule has 192 valence electrons. The van der Waals surface area contributed by atoms with Crippen LogP contribution in [0.15, 0.2) is 36.5 Å². The van der Waals surface area contributed by atoms with Gasteiger partial charge in [-0.1, -0.05) is 23.7 Å². The molecule has 2 aliphatic heterocycles. The number of carbonyl (C=O) groups excluding carboxylic acids is 1. The number of nitrogens with zero attached hydrogens (tertiary/aromatic N) is 3. The van der Waals surface area contributed by atoms with Crippen LogP contribution in [-0.4, -0.2) is 88.0 Å². The lowest BCUT2D eigenvalue weighted by Crippen LogP contribution is -2.43. The quantitative estimate of drug-likeness (QED) is 0.315. The first kappa shape index (κ1) is 23.1. The van der Waals surface area contributed by atoms with Crippen molar-refractivity contribution in [2.45, 2.75) is 23.8 Å². The first-order valence-corrected chi connectivity index (χ1v) is 12.7. The zero-order chi connectivity index (χ0) is 25.4. The van der Waals surface area contributed by atoms with Crippen molar-refractivity contribution in [2.24, 2.45) is 5.92 Å². The van der Waals surface area contributed by atoms with E-state index in [1.165, 1.54) is 6.20 Å². The van der Waals surface area contributed by atoms with Gasteiger partial charge in [-0.25, -0.2) is 9.97 Å². The van der Waals surface area contributed by atoms with Gasteiger partial charge in [-0.15, -0.1) is 0 Å². The molecule has 1 aromatic carbocycles. The number of fused-ring (bicyclic) bond motifs is 2. The molecule has 3 aromatic rings. The molecule has 4 heterocycles. The van der Waals surface area contributed by atoms with E-state index in [1.807, 2.05) is 18.2 Å². The summed E-state index contributed by atoms with van der Waals surface area (Å²) in [4.78, 5) is 27.6. The molecule has 3 fully saturated rings. The van der Waals surface area contributed by atoms with Crippen molar-refractivity contribution in [1.82, 2.24) is 19.9 Å². The van der Waals surface area contributed by atoms with Gasteiger partial charge < -0.3 is 29.6 Å². The number of imidazole rings is 1. The Morgan fingerprint density at radius 1 is 1.35 bits per heavy atom. The average molecular weight is 524 g/mol. The molecule has 4 atom stereocenters. The maximum atomic E-state index is 12.8. The maximum Gasteiger partial charge on any atom is 0.180 e. The Bertz CT molecular complexity index is 1450. The first-order chi connectivity index (χ1) is 18.0. The molecule has 4 aliphatic rings. The number of carbonyl (C=O) groups is 1. The number of methoxy groups -OCH3 is 1. The molecule has 2 saturated heterocycles. The molecule has 3 N–H and O–H groups in total. The summed E-state index contributed by atoms with van der Waals surface area (Å²) in [6.45, 7) is 3.85. The standard InChI is InChI=1S/C26H26ClN5O5/c1-35-18-10-14(12-32-6-8-36-9-7-32)2-3-15(18)23-30-20-19(17(27)11-28-24(20)31-23)29-21-16-4-5-25(22(16)34)26(21,13-33)37-25/h2-5,10-11,16,21,33H,6-9,12-13H2,1H3,(H2,28,29,30,31). The Kier molecular flexibility index (Phi) is 5.15. The zero-order valence-corrected chi connectivity index (χ0v) is 20.9. The minimum atomic E-state index is -1.03. The third-order valence-electron chi connectivity index (χ3n) is 8.04. The smallest absolute Gasteiger partial charge is 0.180 e. The van der Waals surface area contributed by atoms with E-state index >= 15 is 0 Å². The van der Waals surface area contributed by atoms with Crippen molar-refractivity contribution < 1.29 is 24.1 Å². The highest BCUT2D eigenvalue weighted by atomic mass is 35.5. The second kappa shape index (κ2) is 8.24. The summed E-state index contributed by atoms with van der Waals surface area (Å²) >= 11 is 6.58. The van der Waals surface area contributed by atoms with Gasteiger partial charge in [0.15, 0.2) is 22.6 Å². The fourth-order valence-electron chi connectivity index (χ4n) is 6.06. The topological polar surface area (TPSA) is 125 Å². The summed E-state index contributed by atoms with van der Waals surface area (Å²) in [6, 6.07) is 5.63. The van der Waals surface area contributed by atoms with Crippen LogP contribution in [0.25, 0.3) is 22.6 Å². The van der Waals surface area contributed by atoms with Gasteiger partial charge in [-0.3, -0.25) is 9.69 Å². The molecular weight excluding hydrogens is 498 g/mol. The molecule has 1 spiro atoms. The minimum absolute atomic E-state index is 0.0346. The number of H-pyrrole nitrogens is 1. The average Bonchev–Trinajstić information content (AvgIpc) is 3.17. The SMILES string of the molecule is COc1cc(CN2CCOCC2)ccc1-c1nc2ncc(Cl)c(NC3C4C=CC5(OC35CO)C4=O)c2[nH]1. The van der Waals surface area contributed by atoms with Crippen LogP contribution >= 0.6 is 11.6 Å². The Morgan fingerprint density at radius 2 is 2.19 bits per heavy atom. The molecular formula is C26H26ClN5O5. The van der Waals surface area contributed by atoms with Gasteiger partial charge in [0.05, 0.1) is 61.4 Å². The summed E-state index contributed by atoms with van der Waals surface area (Å²) in [7, 11) is 1.64. The fourth-order valence-corrected chi connectivity index (χ4v) is 6.26. The predicted octanol–water partition coefficient (Wildman–Crippen LogP) is 2.17. The number of pyridine rings is 1. The minimum Gasteiger partial charge on any atom is -0.496 e. The zero-order valence-electron chi connectivity index (χ0n) is 20.2. The molecule has 2 aromatic heterocycles. The molecule has 11 heteroatoms. The Balaban J connectivity index is 1.22. The van der Waals surface area contributed by atoms with E-state index < -0.39 is 23.2 Å². The predicted molar refractivity (Wildman–Crippen MR) is 136 cm³/mol. The van der Waals surface area contributed by atoms with Gasteiger partial charge >= 0.3 is 0 Å². The van der Waals surface area contributed by atoms with Gasteiger partial charge in [0.2, 0.25) is 0 Å². The third kappa shape index (κ3) is 3.23. The van der Waals surface area contributed by atoms with Crippen molar-refractivity contribution in [2.75, 3.05) is 45.3 Å². The highest BCUT2D eigenvalue weighted by Gasteiger charge is 2.85. The molecule has 2 bridgehead atoms. The Hall–Kier alpha value is -3.02. The summed E-state index contributed by atoms with van der Waals surface area (Å²) in [6.07, 6.45) is 5.13. The molecule has 4 unspecified atom stereocenters. The van der Waals surface area contributed by atoms with Gasteiger partial charge in [0.25, 0.3) is 0 Å². The van der Waals surface area contributed by atoms with Crippen LogP contribution in [0, 0.1) is 5.92 Å². The number of hydrogen-bond donors (Lipinski definition) is 3. The lowest BCUT2D eigenvalue weighted by Gasteiger charge is -2.26. The summed E-state index contributed by atoms with van der Waals surface area (Å²) in [5, 5.41) is 13.9. The number of aliphatic hydroxyl groups is 1. The van der Waals surface area contributed by atoms with Crippen molar-refractivity contribution >= 4 is 34.2 Å². The summed E-state index contributed by atoms with van der Waals surface area (Å²) in [5.74, 6) is 0.846. The highest BCUT2D eigenvalue weighted by Crippen LogP contribution is 2.64. The van der Waals surface area contributed by atoms with Crippen LogP contribution in [0.2, 0.25) is 5.02 Å². The number of Topliss-reactive ketones (excluding diaryl/α,β-unsaturated/α-hetero) is 1. The molecule has 37 heavy (non-hydrogen) atoms. The van der Waals surface area contributed by atoms with Crippen LogP contribution in [0.3, 0.4) is 0 Å². The number of aliphatic hydroxyl groups excluding tert-OH is 1. The number of rotatable bonds is 7. The van der Waals surface area contributed by atoms with Crippen LogP contribution in [0.4, 0.5) is 5.69 Å². The number of halogens is 1. The normalized spacial score (nSPS) is 30.2. The van der Waals surface area contributed by atoms with E-state index in [0.717, 1.165) is 44.0 Å². The lowest BCUT2D eigenvalue weighted by molar-refractivity contribution is -0.124. The van der Waals surface area contributed by atoms with Crippen molar-refractivity contribution in [1.29, 1.82) is 0 Å². The largest absolute Gasteiger partial charge is 0.496 e. The second-order valence-corrected chi connectivity index (χ2v) is 10.4. The maximum absolute atomic E-state index is 12.8. The molecule has 0 amide bonds. The van der Waals surface area contributed by atoms with E-state index in [1.54, 1.807) is 13.2 Å². The third-order valence-corrected chi connectivity index (χ3v) is 8.32. The van der Waals surface area contributed by atoms with E-state index in [2.05, 4.69) is 26.3 Å². The second-order valence-electron chi connectivity index (χ2n) is 9.94. The van der Waals surface area contributed by atoms with Crippen LogP contribution < -0.4 is 10.1 Å². The van der Waals surface area contributed by atoms with Crippen molar-refractivity contribution in [3.05, 3.63) is 47.1 Å². The van der Waals surface area contributed by atoms with E-state index in [-0.39, 0.29) is 12.4 Å². The number of benzene rings is 1. The molecule has 0 radical (unpaired) electrons. The summed E-state index contributed by atoms with van der Waals surface area (Å²) < 4.78 is 17.0. The number of epoxide rings is 1. The van der Waals surface area contributed by atoms with E-state index in [4.69, 9.17) is 30.8 Å². The van der Waals surface area contributed by atoms with Crippen LogP contribution in [0.1, 0.15) is 5.56 Å². The number of aromatic amines is 1. The number of ether oxygens (including phenoxy) is 3. The Morgan fingerprint density at radius 3 is 2.97 bits per heavy atom. The van der Waals surface area contributed by atoms with Crippen molar-refractivity contribution in [3.8, 4) is 17.1 Å². The van der Waals surface area contributed by atoms with Gasteiger partial charge in [-0.2, -0.15) is 0 Å². The van der Waals surface area contributed by atoms with E-state index in [9.17, 15) is 9.90 Å². The first-order valence-electron chi connectivity index (χ1n) is 12.3. The molecule has 2 aliphatic carbocycles. The number of aromatic nitrogens is 3. The number of hydrogen-bond acceptors (Lipinski definition) is 9. The number of nitrogens with one attached hydrogen (secondary N) is 2. The van der Waals surface area contributed by atoms with Gasteiger partial charge in [0.1, 0.15) is 17.1 Å². The number of ketones is 1. The summed E-state index contributed by atoms with van der Waals surface area (Å²) in [5.41, 5.74) is 1.56. The van der Waals surface area contributed by atoms with E-state index in [0.29, 0.717) is 33.4 Å². The van der Waals surface area contributed by atoms with Crippen LogP contribution in [-0.2, 0) is 20.8 Å². The molecule has 10 nitrogen and oxygen atoms in total. The molecule has 1 saturated carbocycles. The van der Waals surface area contributed by atoms with Crippen LogP contribution in [0.5, 0.6) is 5.75 Å². The van der Waals surface area contributed by atoms with Gasteiger partial charge in [0, 0.05) is 19.6 Å². The lowest BCUT2D eigenvalue weighted by atomic mass is 9.89. The van der Waals surface area contributed by atoms with Gasteiger partial charge in [-0.05, 0) is 23.8 Å². The highest BCUT2D eigenvalue weighted by molar-refractivity contribution is 6.34. The number of morpholine rings is 1. The fraction of sp³-hybridized carbons (Fsp3) is 0.423. The Labute approximate surface area is 217 Å². The molecule has 7 rings (SSSR count). The monoisotopic (exact) mass is 523 g/mol. The number of anilines is 1. The van der Waals surface area contributed by atoms with Crippen molar-refractivity contribution in [3.63, 3.8) is 0 Å².